The zero-order chi connectivity index (χ0) is 16.8. The van der Waals surface area contributed by atoms with Gasteiger partial charge in [-0.05, 0) is 25.4 Å². The second-order valence-corrected chi connectivity index (χ2v) is 7.23. The van der Waals surface area contributed by atoms with E-state index in [1.807, 2.05) is 32.8 Å². The highest BCUT2D eigenvalue weighted by Crippen LogP contribution is 2.19. The number of carboxylic acids is 1. The quantitative estimate of drug-likeness (QED) is 0.751. The van der Waals surface area contributed by atoms with E-state index in [1.54, 1.807) is 25.7 Å². The molecule has 6 heteroatoms. The SMILES string of the molecule is CC(C)CN(CCN(C)C)C(=O)N[C@H](C(=O)O)C(C)(C)C. The van der Waals surface area contributed by atoms with Crippen molar-refractivity contribution in [2.75, 3.05) is 33.7 Å². The van der Waals surface area contributed by atoms with E-state index >= 15 is 0 Å². The van der Waals surface area contributed by atoms with Gasteiger partial charge in [-0.25, -0.2) is 9.59 Å². The van der Waals surface area contributed by atoms with Crippen LogP contribution in [-0.2, 0) is 4.79 Å². The lowest BCUT2D eigenvalue weighted by atomic mass is 9.87. The molecule has 0 aliphatic carbocycles. The number of aliphatic carboxylic acids is 1. The Hall–Kier alpha value is -1.30. The van der Waals surface area contributed by atoms with E-state index in [4.69, 9.17) is 0 Å². The lowest BCUT2D eigenvalue weighted by Gasteiger charge is -2.32. The topological polar surface area (TPSA) is 72.9 Å². The maximum Gasteiger partial charge on any atom is 0.326 e. The summed E-state index contributed by atoms with van der Waals surface area (Å²) in [6.07, 6.45) is 0. The van der Waals surface area contributed by atoms with Crippen LogP contribution in [0.25, 0.3) is 0 Å². The fourth-order valence-corrected chi connectivity index (χ4v) is 1.90. The van der Waals surface area contributed by atoms with Gasteiger partial charge in [-0.2, -0.15) is 0 Å². The number of rotatable bonds is 7. The Morgan fingerprint density at radius 2 is 1.67 bits per heavy atom. The third-order valence-electron chi connectivity index (χ3n) is 3.07. The number of likely N-dealkylation sites (N-methyl/N-ethyl adjacent to an activating group) is 1. The number of carboxylic acid groups (broad SMARTS) is 1. The first-order valence-corrected chi connectivity index (χ1v) is 7.38. The van der Waals surface area contributed by atoms with Crippen LogP contribution in [0.4, 0.5) is 4.79 Å². The third-order valence-corrected chi connectivity index (χ3v) is 3.07. The lowest BCUT2D eigenvalue weighted by Crippen LogP contribution is -2.54. The number of nitrogens with one attached hydrogen (secondary N) is 1. The van der Waals surface area contributed by atoms with Gasteiger partial charge in [0.2, 0.25) is 0 Å². The molecule has 0 rings (SSSR count). The normalized spacial score (nSPS) is 13.4. The summed E-state index contributed by atoms with van der Waals surface area (Å²) in [4.78, 5) is 27.4. The van der Waals surface area contributed by atoms with Crippen molar-refractivity contribution in [1.82, 2.24) is 15.1 Å². The van der Waals surface area contributed by atoms with Gasteiger partial charge in [0.25, 0.3) is 0 Å². The molecule has 0 radical (unpaired) electrons. The van der Waals surface area contributed by atoms with Crippen LogP contribution in [0.5, 0.6) is 0 Å². The highest BCUT2D eigenvalue weighted by Gasteiger charge is 2.33. The molecular formula is C15H31N3O3. The highest BCUT2D eigenvalue weighted by atomic mass is 16.4. The summed E-state index contributed by atoms with van der Waals surface area (Å²) >= 11 is 0. The van der Waals surface area contributed by atoms with E-state index in [9.17, 15) is 14.7 Å². The van der Waals surface area contributed by atoms with Crippen molar-refractivity contribution in [2.45, 2.75) is 40.7 Å². The third kappa shape index (κ3) is 7.90. The zero-order valence-corrected chi connectivity index (χ0v) is 14.4. The molecule has 1 atom stereocenters. The van der Waals surface area contributed by atoms with Crippen LogP contribution in [0.3, 0.4) is 0 Å². The number of amides is 2. The minimum atomic E-state index is -1.01. The first kappa shape index (κ1) is 19.7. The smallest absolute Gasteiger partial charge is 0.326 e. The molecule has 0 aromatic rings. The summed E-state index contributed by atoms with van der Waals surface area (Å²) in [5.41, 5.74) is -0.535. The number of carbonyl (C=O) groups is 2. The monoisotopic (exact) mass is 301 g/mol. The molecule has 0 fully saturated rings. The lowest BCUT2D eigenvalue weighted by molar-refractivity contribution is -0.142. The molecule has 0 unspecified atom stereocenters. The molecule has 0 aromatic heterocycles. The summed E-state index contributed by atoms with van der Waals surface area (Å²) in [6.45, 7) is 11.4. The number of nitrogens with zero attached hydrogens (tertiary/aromatic N) is 2. The first-order valence-electron chi connectivity index (χ1n) is 7.38. The maximum atomic E-state index is 12.4. The van der Waals surface area contributed by atoms with Gasteiger partial charge in [-0.3, -0.25) is 0 Å². The minimum absolute atomic E-state index is 0.312. The number of urea groups is 1. The Kier molecular flexibility index (Phi) is 7.71. The van der Waals surface area contributed by atoms with Crippen molar-refractivity contribution in [2.24, 2.45) is 11.3 Å². The molecule has 0 aliphatic rings. The molecule has 0 saturated heterocycles. The molecule has 2 amide bonds. The average molecular weight is 301 g/mol. The summed E-state index contributed by atoms with van der Waals surface area (Å²) in [7, 11) is 3.89. The first-order chi connectivity index (χ1) is 9.45. The summed E-state index contributed by atoms with van der Waals surface area (Å²) in [6, 6.07) is -1.22. The Morgan fingerprint density at radius 3 is 2.00 bits per heavy atom. The van der Waals surface area contributed by atoms with Gasteiger partial charge < -0.3 is 20.2 Å². The van der Waals surface area contributed by atoms with E-state index < -0.39 is 17.4 Å². The molecule has 0 spiro atoms. The van der Waals surface area contributed by atoms with Gasteiger partial charge in [-0.1, -0.05) is 34.6 Å². The molecule has 0 aromatic carbocycles. The Bertz CT molecular complexity index is 349. The zero-order valence-electron chi connectivity index (χ0n) is 14.4. The molecule has 124 valence electrons. The van der Waals surface area contributed by atoms with Crippen molar-refractivity contribution in [3.63, 3.8) is 0 Å². The van der Waals surface area contributed by atoms with Gasteiger partial charge in [0, 0.05) is 19.6 Å². The standard InChI is InChI=1S/C15H31N3O3/c1-11(2)10-18(9-8-17(6)7)14(21)16-12(13(19)20)15(3,4)5/h11-12H,8-10H2,1-7H3,(H,16,21)(H,19,20)/t12-/m1/s1. The van der Waals surface area contributed by atoms with Crippen molar-refractivity contribution >= 4 is 12.0 Å². The van der Waals surface area contributed by atoms with E-state index in [1.165, 1.54) is 0 Å². The second-order valence-electron chi connectivity index (χ2n) is 7.23. The maximum absolute atomic E-state index is 12.4. The molecule has 0 bridgehead atoms. The molecule has 2 N–H and O–H groups in total. The predicted octanol–water partition coefficient (Wildman–Crippen LogP) is 1.71. The van der Waals surface area contributed by atoms with E-state index in [0.29, 0.717) is 19.0 Å². The molecular weight excluding hydrogens is 270 g/mol. The molecule has 6 nitrogen and oxygen atoms in total. The van der Waals surface area contributed by atoms with Crippen LogP contribution in [0, 0.1) is 11.3 Å². The Labute approximate surface area is 128 Å². The second kappa shape index (κ2) is 8.22. The van der Waals surface area contributed by atoms with Gasteiger partial charge >= 0.3 is 12.0 Å². The van der Waals surface area contributed by atoms with Crippen LogP contribution < -0.4 is 5.32 Å². The molecule has 0 heterocycles. The fourth-order valence-electron chi connectivity index (χ4n) is 1.90. The largest absolute Gasteiger partial charge is 0.480 e. The Balaban J connectivity index is 4.89. The van der Waals surface area contributed by atoms with Gasteiger partial charge in [0.05, 0.1) is 0 Å². The summed E-state index contributed by atoms with van der Waals surface area (Å²) in [5, 5.41) is 12.0. The highest BCUT2D eigenvalue weighted by molar-refractivity contribution is 5.83. The van der Waals surface area contributed by atoms with E-state index in [2.05, 4.69) is 5.32 Å². The number of hydrogen-bond donors (Lipinski definition) is 2. The van der Waals surface area contributed by atoms with Crippen LogP contribution in [0.2, 0.25) is 0 Å². The van der Waals surface area contributed by atoms with Gasteiger partial charge in [-0.15, -0.1) is 0 Å². The Morgan fingerprint density at radius 1 is 1.14 bits per heavy atom. The van der Waals surface area contributed by atoms with Gasteiger partial charge in [0.1, 0.15) is 6.04 Å². The van der Waals surface area contributed by atoms with E-state index in [-0.39, 0.29) is 6.03 Å². The fraction of sp³-hybridized carbons (Fsp3) is 0.867. The molecule has 0 saturated carbocycles. The number of carbonyl (C=O) groups excluding carboxylic acids is 1. The van der Waals surface area contributed by atoms with Crippen molar-refractivity contribution in [3.05, 3.63) is 0 Å². The van der Waals surface area contributed by atoms with Gasteiger partial charge in [0.15, 0.2) is 0 Å². The summed E-state index contributed by atoms with van der Waals surface area (Å²) in [5.74, 6) is -0.677. The molecule has 0 aliphatic heterocycles. The molecule has 21 heavy (non-hydrogen) atoms. The van der Waals surface area contributed by atoms with Crippen molar-refractivity contribution in [1.29, 1.82) is 0 Å². The number of hydrogen-bond acceptors (Lipinski definition) is 3. The van der Waals surface area contributed by atoms with E-state index in [0.717, 1.165) is 6.54 Å². The van der Waals surface area contributed by atoms with Crippen LogP contribution >= 0.6 is 0 Å². The van der Waals surface area contributed by atoms with Crippen LogP contribution in [-0.4, -0.2) is 66.7 Å². The van der Waals surface area contributed by atoms with Crippen LogP contribution in [0.1, 0.15) is 34.6 Å². The van der Waals surface area contributed by atoms with Crippen LogP contribution in [0.15, 0.2) is 0 Å². The summed E-state index contributed by atoms with van der Waals surface area (Å²) < 4.78 is 0. The predicted molar refractivity (Wildman–Crippen MR) is 84.4 cm³/mol. The van der Waals surface area contributed by atoms with Crippen molar-refractivity contribution in [3.8, 4) is 0 Å². The van der Waals surface area contributed by atoms with Crippen molar-refractivity contribution < 1.29 is 14.7 Å². The minimum Gasteiger partial charge on any atom is -0.480 e. The average Bonchev–Trinajstić information content (AvgIpc) is 2.28.